The van der Waals surface area contributed by atoms with Crippen LogP contribution in [-0.4, -0.2) is 41.7 Å². The highest BCUT2D eigenvalue weighted by atomic mass is 79.9. The fourth-order valence-electron chi connectivity index (χ4n) is 1.96. The minimum Gasteiger partial charge on any atom is -0.409 e. The number of amidine groups is 1. The van der Waals surface area contributed by atoms with Gasteiger partial charge in [0.2, 0.25) is 0 Å². The summed E-state index contributed by atoms with van der Waals surface area (Å²) in [6.45, 7) is 2.89. The highest BCUT2D eigenvalue weighted by molar-refractivity contribution is 9.10. The Kier molecular flexibility index (Phi) is 4.57. The zero-order chi connectivity index (χ0) is 13.0. The Morgan fingerprint density at radius 2 is 2.33 bits per heavy atom. The van der Waals surface area contributed by atoms with Crippen molar-refractivity contribution in [1.82, 2.24) is 4.90 Å². The van der Waals surface area contributed by atoms with E-state index in [2.05, 4.69) is 32.1 Å². The fraction of sp³-hybridized carbons (Fsp3) is 0.417. The monoisotopic (exact) mass is 313 g/mol. The van der Waals surface area contributed by atoms with Gasteiger partial charge < -0.3 is 15.7 Å². The lowest BCUT2D eigenvalue weighted by Gasteiger charge is -2.32. The van der Waals surface area contributed by atoms with E-state index in [1.807, 2.05) is 18.2 Å². The molecule has 1 unspecified atom stereocenters. The molecular weight excluding hydrogens is 298 g/mol. The van der Waals surface area contributed by atoms with Crippen molar-refractivity contribution in [3.63, 3.8) is 0 Å². The summed E-state index contributed by atoms with van der Waals surface area (Å²) in [5.74, 6) is 0.131. The first-order valence-electron chi connectivity index (χ1n) is 5.75. The number of hydrogen-bond acceptors (Lipinski definition) is 4. The first-order valence-corrected chi connectivity index (χ1v) is 6.55. The van der Waals surface area contributed by atoms with Crippen molar-refractivity contribution < 1.29 is 9.94 Å². The van der Waals surface area contributed by atoms with E-state index in [0.717, 1.165) is 17.6 Å². The number of benzene rings is 1. The molecule has 0 aromatic heterocycles. The van der Waals surface area contributed by atoms with Crippen LogP contribution in [0.15, 0.2) is 33.9 Å². The second-order valence-corrected chi connectivity index (χ2v) is 5.07. The highest BCUT2D eigenvalue weighted by Crippen LogP contribution is 2.19. The van der Waals surface area contributed by atoms with E-state index < -0.39 is 0 Å². The van der Waals surface area contributed by atoms with Crippen LogP contribution < -0.4 is 5.73 Å². The van der Waals surface area contributed by atoms with E-state index in [0.29, 0.717) is 13.2 Å². The van der Waals surface area contributed by atoms with Gasteiger partial charge in [-0.3, -0.25) is 4.90 Å². The SMILES string of the molecule is NC(=NO)C1CN(Cc2ccccc2Br)CCO1. The smallest absolute Gasteiger partial charge is 0.169 e. The third-order valence-electron chi connectivity index (χ3n) is 2.95. The van der Waals surface area contributed by atoms with Crippen LogP contribution in [0.4, 0.5) is 0 Å². The van der Waals surface area contributed by atoms with Gasteiger partial charge in [0, 0.05) is 24.1 Å². The lowest BCUT2D eigenvalue weighted by molar-refractivity contribution is 0.00134. The Hall–Kier alpha value is -1.11. The summed E-state index contributed by atoms with van der Waals surface area (Å²) < 4.78 is 6.55. The van der Waals surface area contributed by atoms with Crippen LogP contribution in [0.25, 0.3) is 0 Å². The molecule has 1 heterocycles. The van der Waals surface area contributed by atoms with E-state index in [9.17, 15) is 0 Å². The Balaban J connectivity index is 2.00. The topological polar surface area (TPSA) is 71.1 Å². The van der Waals surface area contributed by atoms with E-state index in [1.165, 1.54) is 5.56 Å². The first kappa shape index (κ1) is 13.3. The van der Waals surface area contributed by atoms with Crippen LogP contribution in [0.5, 0.6) is 0 Å². The van der Waals surface area contributed by atoms with Gasteiger partial charge in [-0.25, -0.2) is 0 Å². The summed E-state index contributed by atoms with van der Waals surface area (Å²) in [6.07, 6.45) is -0.328. The van der Waals surface area contributed by atoms with Crippen LogP contribution in [-0.2, 0) is 11.3 Å². The summed E-state index contributed by atoms with van der Waals surface area (Å²) in [5.41, 5.74) is 6.79. The average Bonchev–Trinajstić information content (AvgIpc) is 2.41. The van der Waals surface area contributed by atoms with Crippen molar-refractivity contribution in [2.24, 2.45) is 10.9 Å². The zero-order valence-electron chi connectivity index (χ0n) is 9.92. The summed E-state index contributed by atoms with van der Waals surface area (Å²) in [5, 5.41) is 11.7. The van der Waals surface area contributed by atoms with Crippen LogP contribution in [0.1, 0.15) is 5.56 Å². The predicted octanol–water partition coefficient (Wildman–Crippen LogP) is 1.40. The minimum atomic E-state index is -0.328. The maximum Gasteiger partial charge on any atom is 0.169 e. The quantitative estimate of drug-likeness (QED) is 0.383. The Bertz CT molecular complexity index is 439. The van der Waals surface area contributed by atoms with Crippen molar-refractivity contribution in [2.75, 3.05) is 19.7 Å². The van der Waals surface area contributed by atoms with E-state index >= 15 is 0 Å². The standard InChI is InChI=1S/C12H16BrN3O2/c13-10-4-2-1-3-9(10)7-16-5-6-18-11(8-16)12(14)15-17/h1-4,11,17H,5-8H2,(H2,14,15). The van der Waals surface area contributed by atoms with Gasteiger partial charge in [-0.15, -0.1) is 0 Å². The van der Waals surface area contributed by atoms with Crippen molar-refractivity contribution in [1.29, 1.82) is 0 Å². The fourth-order valence-corrected chi connectivity index (χ4v) is 2.37. The number of oxime groups is 1. The molecule has 0 bridgehead atoms. The van der Waals surface area contributed by atoms with Crippen molar-refractivity contribution in [2.45, 2.75) is 12.6 Å². The number of nitrogens with two attached hydrogens (primary N) is 1. The third kappa shape index (κ3) is 3.22. The summed E-state index contributed by atoms with van der Waals surface area (Å²) in [7, 11) is 0. The van der Waals surface area contributed by atoms with E-state index in [-0.39, 0.29) is 11.9 Å². The molecule has 0 saturated carbocycles. The van der Waals surface area contributed by atoms with Gasteiger partial charge in [-0.2, -0.15) is 0 Å². The molecule has 1 saturated heterocycles. The van der Waals surface area contributed by atoms with Crippen molar-refractivity contribution in [3.8, 4) is 0 Å². The molecule has 1 fully saturated rings. The molecule has 1 aliphatic rings. The van der Waals surface area contributed by atoms with Gasteiger partial charge in [-0.1, -0.05) is 39.3 Å². The number of hydrogen-bond donors (Lipinski definition) is 2. The normalized spacial score (nSPS) is 22.1. The molecular formula is C12H16BrN3O2. The van der Waals surface area contributed by atoms with Gasteiger partial charge in [0.25, 0.3) is 0 Å². The van der Waals surface area contributed by atoms with Crippen LogP contribution >= 0.6 is 15.9 Å². The predicted molar refractivity (Wildman–Crippen MR) is 72.6 cm³/mol. The number of ether oxygens (including phenoxy) is 1. The molecule has 18 heavy (non-hydrogen) atoms. The van der Waals surface area contributed by atoms with Crippen molar-refractivity contribution >= 4 is 21.8 Å². The third-order valence-corrected chi connectivity index (χ3v) is 3.72. The maximum atomic E-state index is 8.66. The summed E-state index contributed by atoms with van der Waals surface area (Å²) in [4.78, 5) is 2.23. The number of rotatable bonds is 3. The lowest BCUT2D eigenvalue weighted by atomic mass is 10.2. The molecule has 1 aromatic carbocycles. The molecule has 0 radical (unpaired) electrons. The van der Waals surface area contributed by atoms with Gasteiger partial charge in [0.05, 0.1) is 6.61 Å². The van der Waals surface area contributed by atoms with Crippen LogP contribution in [0.2, 0.25) is 0 Å². The molecule has 5 nitrogen and oxygen atoms in total. The molecule has 6 heteroatoms. The van der Waals surface area contributed by atoms with E-state index in [4.69, 9.17) is 15.7 Å². The molecule has 1 aliphatic heterocycles. The number of halogens is 1. The molecule has 1 aromatic rings. The van der Waals surface area contributed by atoms with Crippen molar-refractivity contribution in [3.05, 3.63) is 34.3 Å². The second kappa shape index (κ2) is 6.17. The van der Waals surface area contributed by atoms with E-state index in [1.54, 1.807) is 0 Å². The lowest BCUT2D eigenvalue weighted by Crippen LogP contribution is -2.48. The Labute approximate surface area is 114 Å². The molecule has 0 aliphatic carbocycles. The first-order chi connectivity index (χ1) is 8.70. The number of nitrogens with zero attached hydrogens (tertiary/aromatic N) is 2. The molecule has 0 amide bonds. The number of morpholine rings is 1. The molecule has 2 rings (SSSR count). The van der Waals surface area contributed by atoms with Gasteiger partial charge in [0.1, 0.15) is 6.10 Å². The van der Waals surface area contributed by atoms with Crippen LogP contribution in [0, 0.1) is 0 Å². The Morgan fingerprint density at radius 1 is 1.56 bits per heavy atom. The van der Waals surface area contributed by atoms with Gasteiger partial charge in [-0.05, 0) is 11.6 Å². The maximum absolute atomic E-state index is 8.66. The van der Waals surface area contributed by atoms with Crippen LogP contribution in [0.3, 0.4) is 0 Å². The largest absolute Gasteiger partial charge is 0.409 e. The van der Waals surface area contributed by atoms with Gasteiger partial charge in [0.15, 0.2) is 5.84 Å². The summed E-state index contributed by atoms with van der Waals surface area (Å²) >= 11 is 3.53. The minimum absolute atomic E-state index is 0.131. The van der Waals surface area contributed by atoms with Gasteiger partial charge >= 0.3 is 0 Å². The average molecular weight is 314 g/mol. The summed E-state index contributed by atoms with van der Waals surface area (Å²) in [6, 6.07) is 8.11. The zero-order valence-corrected chi connectivity index (χ0v) is 11.5. The molecule has 1 atom stereocenters. The molecule has 98 valence electrons. The second-order valence-electron chi connectivity index (χ2n) is 4.21. The molecule has 3 N–H and O–H groups in total. The highest BCUT2D eigenvalue weighted by Gasteiger charge is 2.24. The Morgan fingerprint density at radius 3 is 3.06 bits per heavy atom. The molecule has 0 spiro atoms.